The van der Waals surface area contributed by atoms with Crippen molar-refractivity contribution < 1.29 is 22.3 Å². The molecule has 3 heterocycles. The lowest BCUT2D eigenvalue weighted by atomic mass is 9.66. The first-order valence-electron chi connectivity index (χ1n) is 12.6. The summed E-state index contributed by atoms with van der Waals surface area (Å²) >= 11 is 0. The molecule has 0 aromatic carbocycles. The van der Waals surface area contributed by atoms with Crippen LogP contribution >= 0.6 is 0 Å². The summed E-state index contributed by atoms with van der Waals surface area (Å²) in [6.45, 7) is 4.24. The van der Waals surface area contributed by atoms with Gasteiger partial charge in [0.1, 0.15) is 27.6 Å². The van der Waals surface area contributed by atoms with Gasteiger partial charge in [-0.3, -0.25) is 0 Å². The Morgan fingerprint density at radius 3 is 2.74 bits per heavy atom. The van der Waals surface area contributed by atoms with E-state index in [0.717, 1.165) is 42.9 Å². The fraction of sp³-hybridized carbons (Fsp3) is 0.462. The van der Waals surface area contributed by atoms with E-state index < -0.39 is 27.1 Å². The van der Waals surface area contributed by atoms with Crippen LogP contribution in [-0.2, 0) is 27.3 Å². The van der Waals surface area contributed by atoms with Crippen LogP contribution in [0.15, 0.2) is 48.6 Å². The number of hydrogen-bond acceptors (Lipinski definition) is 9. The molecule has 1 saturated carbocycles. The summed E-state index contributed by atoms with van der Waals surface area (Å²) in [7, 11) is -3.16. The van der Waals surface area contributed by atoms with E-state index in [2.05, 4.69) is 39.1 Å². The zero-order chi connectivity index (χ0) is 27.8. The van der Waals surface area contributed by atoms with Crippen molar-refractivity contribution in [3.05, 3.63) is 77.1 Å². The molecule has 0 amide bonds. The minimum Gasteiger partial charge on any atom is -0.508 e. The normalized spacial score (nSPS) is 28.9. The van der Waals surface area contributed by atoms with Gasteiger partial charge in [0.15, 0.2) is 12.0 Å². The Bertz CT molecular complexity index is 1650. The van der Waals surface area contributed by atoms with Crippen LogP contribution in [0.25, 0.3) is 5.95 Å². The van der Waals surface area contributed by atoms with Gasteiger partial charge in [-0.25, -0.2) is 32.2 Å². The summed E-state index contributed by atoms with van der Waals surface area (Å²) in [4.78, 5) is 13.4. The Morgan fingerprint density at radius 2 is 2.00 bits per heavy atom. The van der Waals surface area contributed by atoms with E-state index in [1.54, 1.807) is 12.3 Å². The van der Waals surface area contributed by atoms with Crippen molar-refractivity contribution in [2.45, 2.75) is 56.3 Å². The van der Waals surface area contributed by atoms with Crippen LogP contribution in [0.5, 0.6) is 0 Å². The molecule has 1 fully saturated rings. The zero-order valence-corrected chi connectivity index (χ0v) is 22.4. The standard InChI is InChI=1S/C26H27F2N7O3S/c1-24(2)17-5-8-25(24,22-16(17)13-20(32-33-22)26(28)9-4-15(36)12-18(26)27)19-6-10-29-23(31-19)35-14-30-21(34-35)7-11-39(3,37)38/h4,6,9-10,12-14,17-18,36H,5,7-8,11H2,1-3H3/t17-,18?,25+,26?/m0/s1. The summed E-state index contributed by atoms with van der Waals surface area (Å²) in [6, 6.07) is 3.43. The summed E-state index contributed by atoms with van der Waals surface area (Å²) in [5.74, 6) is 0.264. The molecular formula is C26H27F2N7O3S. The van der Waals surface area contributed by atoms with Crippen LogP contribution in [-0.4, -0.2) is 66.6 Å². The number of allylic oxidation sites excluding steroid dienone is 3. The molecule has 6 rings (SSSR count). The first-order chi connectivity index (χ1) is 18.3. The molecule has 2 unspecified atom stereocenters. The van der Waals surface area contributed by atoms with Gasteiger partial charge in [0.25, 0.3) is 5.95 Å². The molecule has 39 heavy (non-hydrogen) atoms. The smallest absolute Gasteiger partial charge is 0.252 e. The highest BCUT2D eigenvalue weighted by molar-refractivity contribution is 7.90. The van der Waals surface area contributed by atoms with E-state index in [1.165, 1.54) is 11.0 Å². The van der Waals surface area contributed by atoms with Gasteiger partial charge in [-0.05, 0) is 60.1 Å². The van der Waals surface area contributed by atoms with Gasteiger partial charge >= 0.3 is 0 Å². The molecule has 10 nitrogen and oxygen atoms in total. The minimum absolute atomic E-state index is 0.0207. The average molecular weight is 556 g/mol. The molecule has 0 spiro atoms. The number of aromatic nitrogens is 7. The molecule has 3 aliphatic carbocycles. The van der Waals surface area contributed by atoms with E-state index in [-0.39, 0.29) is 40.9 Å². The van der Waals surface area contributed by atoms with Crippen molar-refractivity contribution in [2.24, 2.45) is 5.41 Å². The summed E-state index contributed by atoms with van der Waals surface area (Å²) in [6.07, 6.45) is 6.80. The molecule has 204 valence electrons. The molecule has 3 aliphatic rings. The second kappa shape index (κ2) is 8.44. The van der Waals surface area contributed by atoms with Gasteiger partial charge in [0.05, 0.1) is 22.6 Å². The first-order valence-corrected chi connectivity index (χ1v) is 14.6. The molecule has 2 bridgehead atoms. The van der Waals surface area contributed by atoms with Gasteiger partial charge in [-0.15, -0.1) is 5.10 Å². The maximum absolute atomic E-state index is 15.8. The second-order valence-corrected chi connectivity index (χ2v) is 13.3. The summed E-state index contributed by atoms with van der Waals surface area (Å²) in [5.41, 5.74) is -1.47. The Kier molecular flexibility index (Phi) is 5.55. The van der Waals surface area contributed by atoms with Gasteiger partial charge in [0, 0.05) is 18.9 Å². The molecule has 3 aromatic rings. The third-order valence-electron chi connectivity index (χ3n) is 8.51. The highest BCUT2D eigenvalue weighted by Gasteiger charge is 2.65. The van der Waals surface area contributed by atoms with Gasteiger partial charge < -0.3 is 5.11 Å². The minimum atomic E-state index is -3.16. The molecule has 0 radical (unpaired) electrons. The largest absolute Gasteiger partial charge is 0.508 e. The molecule has 4 atom stereocenters. The Labute approximate surface area is 223 Å². The number of nitrogens with zero attached hydrogens (tertiary/aromatic N) is 7. The third-order valence-corrected chi connectivity index (χ3v) is 9.46. The van der Waals surface area contributed by atoms with Gasteiger partial charge in [0.2, 0.25) is 5.67 Å². The maximum Gasteiger partial charge on any atom is 0.252 e. The molecule has 0 saturated heterocycles. The van der Waals surface area contributed by atoms with E-state index >= 15 is 4.39 Å². The fourth-order valence-corrected chi connectivity index (χ4v) is 6.97. The summed E-state index contributed by atoms with van der Waals surface area (Å²) in [5, 5.41) is 22.6. The van der Waals surface area contributed by atoms with Gasteiger partial charge in [-0.2, -0.15) is 14.9 Å². The number of aliphatic hydroxyl groups is 1. The van der Waals surface area contributed by atoms with Crippen molar-refractivity contribution in [1.82, 2.24) is 34.9 Å². The van der Waals surface area contributed by atoms with E-state index in [9.17, 15) is 17.9 Å². The van der Waals surface area contributed by atoms with E-state index in [1.807, 2.05) is 6.07 Å². The highest BCUT2D eigenvalue weighted by atomic mass is 32.2. The maximum atomic E-state index is 15.8. The fourth-order valence-electron chi connectivity index (χ4n) is 6.41. The van der Waals surface area contributed by atoms with Crippen molar-refractivity contribution in [2.75, 3.05) is 12.0 Å². The predicted octanol–water partition coefficient (Wildman–Crippen LogP) is 3.15. The summed E-state index contributed by atoms with van der Waals surface area (Å²) < 4.78 is 54.9. The first kappa shape index (κ1) is 25.7. The average Bonchev–Trinajstić information content (AvgIpc) is 3.53. The van der Waals surface area contributed by atoms with Crippen LogP contribution in [0.1, 0.15) is 61.1 Å². The number of fused-ring (bicyclic) bond motifs is 5. The number of alkyl halides is 2. The van der Waals surface area contributed by atoms with Crippen molar-refractivity contribution in [1.29, 1.82) is 0 Å². The number of aryl methyl sites for hydroxylation is 1. The number of hydrogen-bond donors (Lipinski definition) is 1. The number of halogens is 2. The monoisotopic (exact) mass is 555 g/mol. The lowest BCUT2D eigenvalue weighted by Gasteiger charge is -2.37. The Balaban J connectivity index is 1.39. The van der Waals surface area contributed by atoms with Crippen LogP contribution in [0.3, 0.4) is 0 Å². The second-order valence-electron chi connectivity index (χ2n) is 11.1. The zero-order valence-electron chi connectivity index (χ0n) is 21.6. The van der Waals surface area contributed by atoms with Crippen LogP contribution in [0.2, 0.25) is 0 Å². The molecular weight excluding hydrogens is 528 g/mol. The van der Waals surface area contributed by atoms with Crippen LogP contribution in [0, 0.1) is 5.41 Å². The van der Waals surface area contributed by atoms with Crippen molar-refractivity contribution in [3.63, 3.8) is 0 Å². The SMILES string of the molecule is CC1(C)[C@H]2CC[C@@]1(c1ccnc(-n3cnc(CCS(C)(=O)=O)n3)n1)c1nnc(C3(F)C=CC(O)=CC3F)cc12. The Morgan fingerprint density at radius 1 is 1.21 bits per heavy atom. The highest BCUT2D eigenvalue weighted by Crippen LogP contribution is 2.69. The van der Waals surface area contributed by atoms with E-state index in [0.29, 0.717) is 17.2 Å². The molecule has 3 aromatic heterocycles. The van der Waals surface area contributed by atoms with Crippen LogP contribution < -0.4 is 0 Å². The van der Waals surface area contributed by atoms with E-state index in [4.69, 9.17) is 4.98 Å². The van der Waals surface area contributed by atoms with Crippen molar-refractivity contribution in [3.8, 4) is 5.95 Å². The molecule has 0 aliphatic heterocycles. The number of sulfone groups is 1. The predicted molar refractivity (Wildman–Crippen MR) is 136 cm³/mol. The van der Waals surface area contributed by atoms with Crippen molar-refractivity contribution >= 4 is 9.84 Å². The molecule has 1 N–H and O–H groups in total. The lowest BCUT2D eigenvalue weighted by molar-refractivity contribution is 0.114. The van der Waals surface area contributed by atoms with Crippen LogP contribution in [0.4, 0.5) is 8.78 Å². The third kappa shape index (κ3) is 3.80. The lowest BCUT2D eigenvalue weighted by Crippen LogP contribution is -2.38. The topological polar surface area (TPSA) is 137 Å². The quantitative estimate of drug-likeness (QED) is 0.486. The number of rotatable bonds is 6. The molecule has 13 heteroatoms. The number of aliphatic hydroxyl groups excluding tert-OH is 1. The van der Waals surface area contributed by atoms with Gasteiger partial charge in [-0.1, -0.05) is 13.8 Å². The Hall–Kier alpha value is -3.61.